The van der Waals surface area contributed by atoms with Gasteiger partial charge in [-0.2, -0.15) is 0 Å². The number of aryl methyl sites for hydroxylation is 1. The van der Waals surface area contributed by atoms with Crippen LogP contribution in [0.4, 0.5) is 0 Å². The van der Waals surface area contributed by atoms with Crippen molar-refractivity contribution < 1.29 is 9.21 Å². The maximum absolute atomic E-state index is 11.5. The maximum Gasteiger partial charge on any atom is 0.419 e. The molecule has 2 aromatic rings. The van der Waals surface area contributed by atoms with Gasteiger partial charge in [-0.3, -0.25) is 9.36 Å². The number of oxazole rings is 1. The van der Waals surface area contributed by atoms with Gasteiger partial charge >= 0.3 is 5.76 Å². The molecule has 0 radical (unpaired) electrons. The molecule has 1 aromatic heterocycles. The normalized spacial score (nSPS) is 10.8. The Labute approximate surface area is 86.1 Å². The number of carbonyl (C=O) groups excluding carboxylic acids is 1. The van der Waals surface area contributed by atoms with E-state index in [1.807, 2.05) is 0 Å². The molecule has 1 aromatic carbocycles. The summed E-state index contributed by atoms with van der Waals surface area (Å²) in [5.74, 6) is -0.350. The Morgan fingerprint density at radius 3 is 2.87 bits per heavy atom. The van der Waals surface area contributed by atoms with Gasteiger partial charge in [0, 0.05) is 19.0 Å². The predicted molar refractivity (Wildman–Crippen MR) is 56.1 cm³/mol. The molecule has 0 spiro atoms. The molecule has 78 valence electrons. The van der Waals surface area contributed by atoms with Crippen LogP contribution in [0.15, 0.2) is 27.4 Å². The van der Waals surface area contributed by atoms with Gasteiger partial charge < -0.3 is 4.42 Å². The molecule has 15 heavy (non-hydrogen) atoms. The lowest BCUT2D eigenvalue weighted by Gasteiger charge is -1.97. The van der Waals surface area contributed by atoms with Crippen molar-refractivity contribution in [3.8, 4) is 0 Å². The van der Waals surface area contributed by atoms with E-state index in [9.17, 15) is 9.59 Å². The fraction of sp³-hybridized carbons (Fsp3) is 0.273. The Hall–Kier alpha value is -1.84. The third kappa shape index (κ3) is 1.48. The highest BCUT2D eigenvalue weighted by atomic mass is 16.4. The number of aromatic nitrogens is 1. The van der Waals surface area contributed by atoms with Gasteiger partial charge in [0.1, 0.15) is 0 Å². The molecule has 0 aliphatic heterocycles. The number of nitrogens with zero attached hydrogens (tertiary/aromatic N) is 1. The van der Waals surface area contributed by atoms with Gasteiger partial charge in [-0.25, -0.2) is 4.79 Å². The molecule has 1 heterocycles. The van der Waals surface area contributed by atoms with Crippen LogP contribution in [0.5, 0.6) is 0 Å². The summed E-state index contributed by atoms with van der Waals surface area (Å²) in [5.41, 5.74) is 1.77. The quantitative estimate of drug-likeness (QED) is 0.701. The second-order valence-corrected chi connectivity index (χ2v) is 3.39. The first-order chi connectivity index (χ1) is 7.13. The smallest absolute Gasteiger partial charge is 0.408 e. The second-order valence-electron chi connectivity index (χ2n) is 3.39. The molecule has 0 atom stereocenters. The average molecular weight is 205 g/mol. The van der Waals surface area contributed by atoms with Gasteiger partial charge in [-0.15, -0.1) is 0 Å². The highest BCUT2D eigenvalue weighted by molar-refractivity contribution is 5.98. The molecule has 0 saturated carbocycles. The van der Waals surface area contributed by atoms with E-state index in [0.717, 1.165) is 0 Å². The molecule has 0 aliphatic carbocycles. The lowest BCUT2D eigenvalue weighted by Crippen LogP contribution is -2.08. The average Bonchev–Trinajstić information content (AvgIpc) is 2.54. The fourth-order valence-electron chi connectivity index (χ4n) is 1.50. The minimum Gasteiger partial charge on any atom is -0.408 e. The molecule has 4 nitrogen and oxygen atoms in total. The minimum absolute atomic E-state index is 0.0607. The first-order valence-corrected chi connectivity index (χ1v) is 4.76. The van der Waals surface area contributed by atoms with Gasteiger partial charge in [0.2, 0.25) is 0 Å². The summed E-state index contributed by atoms with van der Waals surface area (Å²) in [6.45, 7) is 1.81. The summed E-state index contributed by atoms with van der Waals surface area (Å²) in [7, 11) is 1.62. The highest BCUT2D eigenvalue weighted by Gasteiger charge is 2.09. The number of benzene rings is 1. The second kappa shape index (κ2) is 3.38. The van der Waals surface area contributed by atoms with E-state index in [1.54, 1.807) is 32.2 Å². The van der Waals surface area contributed by atoms with Gasteiger partial charge in [0.15, 0.2) is 11.4 Å². The van der Waals surface area contributed by atoms with Crippen LogP contribution >= 0.6 is 0 Å². The largest absolute Gasteiger partial charge is 0.419 e. The molecular formula is C11H11NO3. The van der Waals surface area contributed by atoms with E-state index in [-0.39, 0.29) is 5.78 Å². The van der Waals surface area contributed by atoms with E-state index in [1.165, 1.54) is 4.57 Å². The maximum atomic E-state index is 11.5. The first kappa shape index (κ1) is 9.71. The summed E-state index contributed by atoms with van der Waals surface area (Å²) < 4.78 is 6.35. The van der Waals surface area contributed by atoms with Crippen molar-refractivity contribution in [1.82, 2.24) is 4.57 Å². The number of hydrogen-bond acceptors (Lipinski definition) is 3. The summed E-state index contributed by atoms with van der Waals surface area (Å²) in [5, 5.41) is 0. The molecule has 0 N–H and O–H groups in total. The summed E-state index contributed by atoms with van der Waals surface area (Å²) >= 11 is 0. The number of fused-ring (bicyclic) bond motifs is 1. The molecule has 0 saturated heterocycles. The lowest BCUT2D eigenvalue weighted by atomic mass is 10.1. The Kier molecular flexibility index (Phi) is 2.19. The topological polar surface area (TPSA) is 52.2 Å². The zero-order chi connectivity index (χ0) is 11.0. The van der Waals surface area contributed by atoms with Crippen molar-refractivity contribution in [2.75, 3.05) is 0 Å². The van der Waals surface area contributed by atoms with Crippen molar-refractivity contribution in [3.63, 3.8) is 0 Å². The van der Waals surface area contributed by atoms with Crippen LogP contribution < -0.4 is 5.76 Å². The van der Waals surface area contributed by atoms with E-state index in [2.05, 4.69) is 0 Å². The predicted octanol–water partition coefficient (Wildman–Crippen LogP) is 1.72. The van der Waals surface area contributed by atoms with E-state index >= 15 is 0 Å². The molecule has 0 amide bonds. The SMILES string of the molecule is CCC(=O)c1ccc2oc(=O)n(C)c2c1. The van der Waals surface area contributed by atoms with Crippen LogP contribution in [0.3, 0.4) is 0 Å². The number of rotatable bonds is 2. The summed E-state index contributed by atoms with van der Waals surface area (Å²) in [6.07, 6.45) is 0.456. The van der Waals surface area contributed by atoms with Gasteiger partial charge in [-0.05, 0) is 18.2 Å². The lowest BCUT2D eigenvalue weighted by molar-refractivity contribution is 0.0988. The zero-order valence-electron chi connectivity index (χ0n) is 8.61. The van der Waals surface area contributed by atoms with E-state index in [0.29, 0.717) is 23.1 Å². The van der Waals surface area contributed by atoms with Crippen molar-refractivity contribution in [2.45, 2.75) is 13.3 Å². The van der Waals surface area contributed by atoms with Crippen LogP contribution in [0.2, 0.25) is 0 Å². The summed E-state index contributed by atoms with van der Waals surface area (Å²) in [6, 6.07) is 5.02. The third-order valence-electron chi connectivity index (χ3n) is 2.43. The molecule has 0 unspecified atom stereocenters. The van der Waals surface area contributed by atoms with Crippen LogP contribution in [-0.4, -0.2) is 10.4 Å². The number of Topliss-reactive ketones (excluding diaryl/α,β-unsaturated/α-hetero) is 1. The van der Waals surface area contributed by atoms with Crippen molar-refractivity contribution in [3.05, 3.63) is 34.3 Å². The minimum atomic E-state index is -0.411. The Morgan fingerprint density at radius 1 is 1.47 bits per heavy atom. The van der Waals surface area contributed by atoms with Crippen LogP contribution in [0, 0.1) is 0 Å². The zero-order valence-corrected chi connectivity index (χ0v) is 8.61. The molecule has 0 fully saturated rings. The number of carbonyl (C=O) groups is 1. The molecule has 4 heteroatoms. The Bertz CT molecular complexity index is 577. The van der Waals surface area contributed by atoms with Gasteiger partial charge in [-0.1, -0.05) is 6.92 Å². The van der Waals surface area contributed by atoms with E-state index in [4.69, 9.17) is 4.42 Å². The molecule has 2 rings (SSSR count). The molecule has 0 aliphatic rings. The van der Waals surface area contributed by atoms with Gasteiger partial charge in [0.05, 0.1) is 5.52 Å². The number of ketones is 1. The van der Waals surface area contributed by atoms with Crippen molar-refractivity contribution >= 4 is 16.9 Å². The monoisotopic (exact) mass is 205 g/mol. The Balaban J connectivity index is 2.69. The van der Waals surface area contributed by atoms with Crippen molar-refractivity contribution in [2.24, 2.45) is 7.05 Å². The fourth-order valence-corrected chi connectivity index (χ4v) is 1.50. The molecular weight excluding hydrogens is 194 g/mol. The highest BCUT2D eigenvalue weighted by Crippen LogP contribution is 2.15. The van der Waals surface area contributed by atoms with E-state index < -0.39 is 5.76 Å². The number of hydrogen-bond donors (Lipinski definition) is 0. The standard InChI is InChI=1S/C11H11NO3/c1-3-9(13)7-4-5-10-8(6-7)12(2)11(14)15-10/h4-6H,3H2,1-2H3. The van der Waals surface area contributed by atoms with Gasteiger partial charge in [0.25, 0.3) is 0 Å². The first-order valence-electron chi connectivity index (χ1n) is 4.76. The molecule has 0 bridgehead atoms. The summed E-state index contributed by atoms with van der Waals surface area (Å²) in [4.78, 5) is 22.7. The van der Waals surface area contributed by atoms with Crippen LogP contribution in [0.1, 0.15) is 23.7 Å². The third-order valence-corrected chi connectivity index (χ3v) is 2.43. The Morgan fingerprint density at radius 2 is 2.20 bits per heavy atom. The van der Waals surface area contributed by atoms with Crippen LogP contribution in [-0.2, 0) is 7.05 Å². The van der Waals surface area contributed by atoms with Crippen molar-refractivity contribution in [1.29, 1.82) is 0 Å². The van der Waals surface area contributed by atoms with Crippen LogP contribution in [0.25, 0.3) is 11.1 Å².